The lowest BCUT2D eigenvalue weighted by Crippen LogP contribution is -2.32. The maximum absolute atomic E-state index is 12.7. The van der Waals surface area contributed by atoms with Crippen molar-refractivity contribution in [2.45, 2.75) is 0 Å². The van der Waals surface area contributed by atoms with Gasteiger partial charge >= 0.3 is 0 Å². The summed E-state index contributed by atoms with van der Waals surface area (Å²) in [5.41, 5.74) is 0.666. The Bertz CT molecular complexity index is 581. The van der Waals surface area contributed by atoms with Crippen molar-refractivity contribution in [3.63, 3.8) is 0 Å². The molecule has 0 radical (unpaired) electrons. The summed E-state index contributed by atoms with van der Waals surface area (Å²) in [4.78, 5) is 14.7. The molecule has 6 heteroatoms. The minimum atomic E-state index is 0.0853. The zero-order valence-electron chi connectivity index (χ0n) is 11.6. The Morgan fingerprint density at radius 2 is 1.90 bits per heavy atom. The molecule has 1 aromatic carbocycles. The minimum absolute atomic E-state index is 0.0853. The quantitative estimate of drug-likeness (QED) is 0.832. The number of hydrogen-bond acceptors (Lipinski definition) is 4. The van der Waals surface area contributed by atoms with Crippen LogP contribution in [-0.2, 0) is 0 Å². The van der Waals surface area contributed by atoms with E-state index in [1.54, 1.807) is 6.07 Å². The molecule has 3 aliphatic heterocycles. The highest BCUT2D eigenvalue weighted by Crippen LogP contribution is 2.39. The van der Waals surface area contributed by atoms with Crippen LogP contribution in [0.3, 0.4) is 0 Å². The summed E-state index contributed by atoms with van der Waals surface area (Å²) < 4.78 is 11.9. The van der Waals surface area contributed by atoms with E-state index in [9.17, 15) is 4.79 Å². The van der Waals surface area contributed by atoms with Crippen LogP contribution < -0.4 is 14.8 Å². The number of hydrogen-bond donors (Lipinski definition) is 1. The van der Waals surface area contributed by atoms with Crippen LogP contribution in [0.1, 0.15) is 10.4 Å². The van der Waals surface area contributed by atoms with E-state index in [0.717, 1.165) is 30.7 Å². The smallest absolute Gasteiger partial charge is 0.254 e. The van der Waals surface area contributed by atoms with Gasteiger partial charge in [0.25, 0.3) is 5.91 Å². The van der Waals surface area contributed by atoms with Crippen molar-refractivity contribution < 1.29 is 14.3 Å². The first-order valence-corrected chi connectivity index (χ1v) is 8.11. The van der Waals surface area contributed by atoms with E-state index in [4.69, 9.17) is 9.47 Å². The molecule has 5 nitrogen and oxygen atoms in total. The molecule has 112 valence electrons. The van der Waals surface area contributed by atoms with E-state index in [2.05, 4.69) is 21.2 Å². The number of rotatable bonds is 1. The molecule has 0 unspecified atom stereocenters. The zero-order valence-corrected chi connectivity index (χ0v) is 13.2. The molecular formula is C15H17BrN2O3. The Morgan fingerprint density at radius 1 is 1.19 bits per heavy atom. The van der Waals surface area contributed by atoms with Crippen LogP contribution >= 0.6 is 15.9 Å². The fraction of sp³-hybridized carbons (Fsp3) is 0.533. The summed E-state index contributed by atoms with van der Waals surface area (Å²) in [6.45, 7) is 4.82. The molecule has 2 fully saturated rings. The van der Waals surface area contributed by atoms with Crippen LogP contribution in [0.25, 0.3) is 0 Å². The van der Waals surface area contributed by atoms with Gasteiger partial charge in [0.2, 0.25) is 0 Å². The second-order valence-electron chi connectivity index (χ2n) is 5.87. The Labute approximate surface area is 131 Å². The fourth-order valence-electron chi connectivity index (χ4n) is 3.44. The number of carbonyl (C=O) groups excluding carboxylic acids is 1. The second kappa shape index (κ2) is 5.18. The third kappa shape index (κ3) is 2.30. The predicted molar refractivity (Wildman–Crippen MR) is 80.9 cm³/mol. The molecule has 2 saturated heterocycles. The lowest BCUT2D eigenvalue weighted by atomic mass is 10.0. The summed E-state index contributed by atoms with van der Waals surface area (Å²) >= 11 is 3.47. The average Bonchev–Trinajstić information content (AvgIpc) is 3.07. The van der Waals surface area contributed by atoms with E-state index in [-0.39, 0.29) is 5.91 Å². The van der Waals surface area contributed by atoms with Crippen LogP contribution in [0.4, 0.5) is 0 Å². The van der Waals surface area contributed by atoms with Gasteiger partial charge in [-0.1, -0.05) is 0 Å². The fourth-order valence-corrected chi connectivity index (χ4v) is 3.99. The molecule has 0 saturated carbocycles. The molecule has 0 spiro atoms. The summed E-state index contributed by atoms with van der Waals surface area (Å²) in [7, 11) is 0. The Hall–Kier alpha value is -1.27. The highest BCUT2D eigenvalue weighted by Gasteiger charge is 2.38. The van der Waals surface area contributed by atoms with Gasteiger partial charge in [0.1, 0.15) is 13.2 Å². The minimum Gasteiger partial charge on any atom is -0.486 e. The van der Waals surface area contributed by atoms with Gasteiger partial charge in [-0.05, 0) is 39.9 Å². The summed E-state index contributed by atoms with van der Waals surface area (Å²) in [6.07, 6.45) is 0. The van der Waals surface area contributed by atoms with Gasteiger partial charge in [0.15, 0.2) is 11.5 Å². The number of fused-ring (bicyclic) bond motifs is 2. The normalized spacial score (nSPS) is 26.8. The van der Waals surface area contributed by atoms with Gasteiger partial charge in [-0.2, -0.15) is 0 Å². The van der Waals surface area contributed by atoms with Crippen molar-refractivity contribution in [2.24, 2.45) is 11.8 Å². The van der Waals surface area contributed by atoms with Crippen molar-refractivity contribution >= 4 is 21.8 Å². The van der Waals surface area contributed by atoms with Crippen LogP contribution in [0, 0.1) is 11.8 Å². The molecule has 1 aromatic rings. The van der Waals surface area contributed by atoms with Gasteiger partial charge in [-0.25, -0.2) is 0 Å². The third-order valence-corrected chi connectivity index (χ3v) is 5.11. The molecule has 4 rings (SSSR count). The van der Waals surface area contributed by atoms with Gasteiger partial charge in [-0.3, -0.25) is 4.79 Å². The van der Waals surface area contributed by atoms with E-state index < -0.39 is 0 Å². The largest absolute Gasteiger partial charge is 0.486 e. The first-order valence-electron chi connectivity index (χ1n) is 7.31. The van der Waals surface area contributed by atoms with E-state index in [0.29, 0.717) is 42.1 Å². The first-order chi connectivity index (χ1) is 10.2. The first kappa shape index (κ1) is 13.4. The number of halogens is 1. The molecule has 0 aromatic heterocycles. The van der Waals surface area contributed by atoms with Crippen LogP contribution in [0.15, 0.2) is 16.6 Å². The van der Waals surface area contributed by atoms with Gasteiger partial charge in [0, 0.05) is 31.7 Å². The molecule has 1 N–H and O–H groups in total. The number of ether oxygens (including phenoxy) is 2. The van der Waals surface area contributed by atoms with Crippen molar-refractivity contribution in [1.29, 1.82) is 0 Å². The molecule has 2 atom stereocenters. The van der Waals surface area contributed by atoms with E-state index in [1.807, 2.05) is 11.0 Å². The molecule has 0 aliphatic carbocycles. The van der Waals surface area contributed by atoms with Crippen molar-refractivity contribution in [3.05, 3.63) is 22.2 Å². The van der Waals surface area contributed by atoms with Crippen molar-refractivity contribution in [2.75, 3.05) is 39.4 Å². The van der Waals surface area contributed by atoms with Gasteiger partial charge < -0.3 is 19.7 Å². The Morgan fingerprint density at radius 3 is 2.67 bits per heavy atom. The number of benzene rings is 1. The van der Waals surface area contributed by atoms with Gasteiger partial charge in [0.05, 0.1) is 4.47 Å². The highest BCUT2D eigenvalue weighted by molar-refractivity contribution is 9.10. The van der Waals surface area contributed by atoms with Gasteiger partial charge in [-0.15, -0.1) is 0 Å². The molecule has 21 heavy (non-hydrogen) atoms. The molecule has 3 heterocycles. The van der Waals surface area contributed by atoms with Crippen molar-refractivity contribution in [3.8, 4) is 11.5 Å². The predicted octanol–water partition coefficient (Wildman–Crippen LogP) is 1.51. The number of carbonyl (C=O) groups is 1. The monoisotopic (exact) mass is 352 g/mol. The number of amides is 1. The lowest BCUT2D eigenvalue weighted by molar-refractivity contribution is 0.0780. The average molecular weight is 353 g/mol. The number of nitrogens with zero attached hydrogens (tertiary/aromatic N) is 1. The topological polar surface area (TPSA) is 50.8 Å². The van der Waals surface area contributed by atoms with E-state index in [1.165, 1.54) is 0 Å². The molecule has 0 bridgehead atoms. The second-order valence-corrected chi connectivity index (χ2v) is 6.73. The summed E-state index contributed by atoms with van der Waals surface area (Å²) in [6, 6.07) is 3.64. The number of nitrogens with one attached hydrogen (secondary N) is 1. The van der Waals surface area contributed by atoms with Crippen LogP contribution in [0.5, 0.6) is 11.5 Å². The van der Waals surface area contributed by atoms with E-state index >= 15 is 0 Å². The SMILES string of the molecule is O=C(c1cc(Br)c2c(c1)OCCO2)N1C[C@H]2CNC[C@H]2C1. The lowest BCUT2D eigenvalue weighted by Gasteiger charge is -2.22. The zero-order chi connectivity index (χ0) is 14.4. The highest BCUT2D eigenvalue weighted by atomic mass is 79.9. The molecule has 1 amide bonds. The van der Waals surface area contributed by atoms with Crippen LogP contribution in [0.2, 0.25) is 0 Å². The maximum Gasteiger partial charge on any atom is 0.254 e. The Kier molecular flexibility index (Phi) is 3.30. The number of likely N-dealkylation sites (tertiary alicyclic amines) is 1. The summed E-state index contributed by atoms with van der Waals surface area (Å²) in [5, 5.41) is 3.39. The Balaban J connectivity index is 1.58. The van der Waals surface area contributed by atoms with Crippen LogP contribution in [-0.4, -0.2) is 50.2 Å². The molecular weight excluding hydrogens is 336 g/mol. The standard InChI is InChI=1S/C15H17BrN2O3/c16-12-3-9(4-13-14(12)21-2-1-20-13)15(19)18-7-10-5-17-6-11(10)8-18/h3-4,10-11,17H,1-2,5-8H2/t10-,11+. The van der Waals surface area contributed by atoms with Crippen molar-refractivity contribution in [1.82, 2.24) is 10.2 Å². The maximum atomic E-state index is 12.7. The molecule has 3 aliphatic rings. The summed E-state index contributed by atoms with van der Waals surface area (Å²) in [5.74, 6) is 2.65. The third-order valence-electron chi connectivity index (χ3n) is 4.52.